The number of pyridine rings is 1. The third kappa shape index (κ3) is 4.86. The molecule has 5 nitrogen and oxygen atoms in total. The van der Waals surface area contributed by atoms with Gasteiger partial charge in [0.2, 0.25) is 0 Å². The molecule has 1 atom stereocenters. The minimum absolute atomic E-state index is 0.00818. The maximum absolute atomic E-state index is 13.1. The quantitative estimate of drug-likeness (QED) is 0.536. The van der Waals surface area contributed by atoms with Crippen LogP contribution in [0.3, 0.4) is 0 Å². The van der Waals surface area contributed by atoms with E-state index in [4.69, 9.17) is 11.6 Å². The second-order valence-corrected chi connectivity index (χ2v) is 7.97. The average molecular weight is 440 g/mol. The van der Waals surface area contributed by atoms with Crippen molar-refractivity contribution in [1.29, 1.82) is 0 Å². The van der Waals surface area contributed by atoms with Crippen molar-refractivity contribution in [3.63, 3.8) is 0 Å². The van der Waals surface area contributed by atoms with Crippen molar-refractivity contribution in [1.82, 2.24) is 4.98 Å². The highest BCUT2D eigenvalue weighted by Gasteiger charge is 2.25. The van der Waals surface area contributed by atoms with Crippen LogP contribution in [0.25, 0.3) is 0 Å². The van der Waals surface area contributed by atoms with Gasteiger partial charge >= 0.3 is 0 Å². The Balaban J connectivity index is 1.52. The number of carbonyl (C=O) groups is 1. The molecule has 160 valence electrons. The van der Waals surface area contributed by atoms with Crippen LogP contribution in [-0.4, -0.2) is 41.6 Å². The van der Waals surface area contributed by atoms with Crippen molar-refractivity contribution in [2.45, 2.75) is 18.9 Å². The second kappa shape index (κ2) is 9.45. The lowest BCUT2D eigenvalue weighted by atomic mass is 9.98. The van der Waals surface area contributed by atoms with Crippen LogP contribution in [0.2, 0.25) is 5.02 Å². The Labute approximate surface area is 185 Å². The van der Waals surface area contributed by atoms with Gasteiger partial charge in [-0.15, -0.1) is 0 Å². The van der Waals surface area contributed by atoms with Crippen LogP contribution in [0.4, 0.5) is 15.9 Å². The van der Waals surface area contributed by atoms with E-state index in [0.29, 0.717) is 28.4 Å². The zero-order valence-electron chi connectivity index (χ0n) is 16.9. The van der Waals surface area contributed by atoms with Crippen LogP contribution in [0.5, 0.6) is 0 Å². The van der Waals surface area contributed by atoms with Gasteiger partial charge < -0.3 is 15.3 Å². The van der Waals surface area contributed by atoms with E-state index < -0.39 is 0 Å². The molecule has 1 aromatic heterocycles. The maximum atomic E-state index is 13.1. The highest BCUT2D eigenvalue weighted by atomic mass is 35.5. The molecule has 31 heavy (non-hydrogen) atoms. The van der Waals surface area contributed by atoms with Gasteiger partial charge in [-0.3, -0.25) is 4.79 Å². The van der Waals surface area contributed by atoms with Gasteiger partial charge in [0.1, 0.15) is 11.6 Å². The van der Waals surface area contributed by atoms with Crippen molar-refractivity contribution in [3.05, 3.63) is 88.3 Å². The number of ketones is 1. The minimum Gasteiger partial charge on any atom is -0.396 e. The molecule has 0 saturated carbocycles. The van der Waals surface area contributed by atoms with Crippen molar-refractivity contribution >= 4 is 28.9 Å². The van der Waals surface area contributed by atoms with E-state index >= 15 is 0 Å². The smallest absolute Gasteiger partial charge is 0.194 e. The highest BCUT2D eigenvalue weighted by molar-refractivity contribution is 6.35. The molecular weight excluding hydrogens is 417 g/mol. The van der Waals surface area contributed by atoms with E-state index in [1.165, 1.54) is 12.3 Å². The largest absolute Gasteiger partial charge is 0.396 e. The number of carbonyl (C=O) groups excluding carboxylic acids is 1. The normalized spacial score (nSPS) is 15.8. The van der Waals surface area contributed by atoms with Crippen molar-refractivity contribution in [2.24, 2.45) is 0 Å². The molecule has 3 aromatic rings. The van der Waals surface area contributed by atoms with Crippen LogP contribution in [-0.2, 0) is 6.42 Å². The summed E-state index contributed by atoms with van der Waals surface area (Å²) in [6.45, 7) is 1.57. The summed E-state index contributed by atoms with van der Waals surface area (Å²) in [6, 6.07) is 15.8. The fourth-order valence-corrected chi connectivity index (χ4v) is 4.15. The second-order valence-electron chi connectivity index (χ2n) is 7.56. The summed E-state index contributed by atoms with van der Waals surface area (Å²) in [5.41, 5.74) is 2.93. The molecule has 0 aliphatic carbocycles. The van der Waals surface area contributed by atoms with Gasteiger partial charge in [0.25, 0.3) is 0 Å². The summed E-state index contributed by atoms with van der Waals surface area (Å²) in [6.07, 6.45) is 2.55. The Morgan fingerprint density at radius 2 is 2.06 bits per heavy atom. The molecule has 2 heterocycles. The Hall–Kier alpha value is -2.96. The van der Waals surface area contributed by atoms with Gasteiger partial charge in [-0.05, 0) is 60.9 Å². The van der Waals surface area contributed by atoms with Crippen LogP contribution in [0, 0.1) is 5.82 Å². The lowest BCUT2D eigenvalue weighted by Gasteiger charge is -2.23. The molecule has 0 unspecified atom stereocenters. The number of anilines is 2. The van der Waals surface area contributed by atoms with Gasteiger partial charge in [-0.2, -0.15) is 0 Å². The molecule has 1 fully saturated rings. The van der Waals surface area contributed by atoms with E-state index in [-0.39, 0.29) is 24.2 Å². The number of aliphatic hydroxyl groups is 1. The topological polar surface area (TPSA) is 65.5 Å². The molecule has 2 aromatic carbocycles. The van der Waals surface area contributed by atoms with E-state index in [1.807, 2.05) is 18.2 Å². The lowest BCUT2D eigenvalue weighted by Crippen LogP contribution is -2.27. The molecule has 2 N–H and O–H groups in total. The number of aliphatic hydroxyl groups excluding tert-OH is 1. The Bertz CT molecular complexity index is 1070. The predicted molar refractivity (Wildman–Crippen MR) is 121 cm³/mol. The lowest BCUT2D eigenvalue weighted by molar-refractivity contribution is 0.103. The number of aromatic nitrogens is 1. The first kappa shape index (κ1) is 21.3. The van der Waals surface area contributed by atoms with Crippen LogP contribution < -0.4 is 10.2 Å². The molecule has 0 radical (unpaired) electrons. The van der Waals surface area contributed by atoms with Gasteiger partial charge in [0.15, 0.2) is 5.78 Å². The van der Waals surface area contributed by atoms with E-state index in [9.17, 15) is 14.3 Å². The first-order valence-electron chi connectivity index (χ1n) is 10.2. The summed E-state index contributed by atoms with van der Waals surface area (Å²) >= 11 is 6.19. The van der Waals surface area contributed by atoms with Gasteiger partial charge in [-0.1, -0.05) is 23.7 Å². The van der Waals surface area contributed by atoms with Gasteiger partial charge in [0.05, 0.1) is 11.2 Å². The number of rotatable bonds is 7. The molecule has 7 heteroatoms. The molecule has 0 bridgehead atoms. The van der Waals surface area contributed by atoms with E-state index in [1.54, 1.807) is 30.3 Å². The Kier molecular flexibility index (Phi) is 6.49. The van der Waals surface area contributed by atoms with E-state index in [2.05, 4.69) is 15.2 Å². The SMILES string of the molecule is O=C(c1ccc(N2CC[C@H](Nc3ccc(F)cn3)C2)c(CCO)c1)c1ccccc1Cl. The van der Waals surface area contributed by atoms with Crippen molar-refractivity contribution in [2.75, 3.05) is 29.9 Å². The van der Waals surface area contributed by atoms with Crippen LogP contribution >= 0.6 is 11.6 Å². The monoisotopic (exact) mass is 439 g/mol. The number of hydrogen-bond donors (Lipinski definition) is 2. The number of benzene rings is 2. The molecule has 4 rings (SSSR count). The zero-order valence-corrected chi connectivity index (χ0v) is 17.6. The maximum Gasteiger partial charge on any atom is 0.194 e. The molecule has 1 aliphatic heterocycles. The summed E-state index contributed by atoms with van der Waals surface area (Å²) < 4.78 is 13.1. The Morgan fingerprint density at radius 1 is 1.23 bits per heavy atom. The molecule has 0 spiro atoms. The molecule has 0 amide bonds. The summed E-state index contributed by atoms with van der Waals surface area (Å²) in [4.78, 5) is 19.2. The third-order valence-electron chi connectivity index (χ3n) is 5.45. The van der Waals surface area contributed by atoms with Crippen LogP contribution in [0.15, 0.2) is 60.8 Å². The summed E-state index contributed by atoms with van der Waals surface area (Å²) in [5, 5.41) is 13.3. The third-order valence-corrected chi connectivity index (χ3v) is 5.78. The first-order valence-corrected chi connectivity index (χ1v) is 10.6. The van der Waals surface area contributed by atoms with E-state index in [0.717, 1.165) is 30.8 Å². The summed E-state index contributed by atoms with van der Waals surface area (Å²) in [7, 11) is 0. The Morgan fingerprint density at radius 3 is 2.81 bits per heavy atom. The fourth-order valence-electron chi connectivity index (χ4n) is 3.92. The van der Waals surface area contributed by atoms with Crippen molar-refractivity contribution in [3.8, 4) is 0 Å². The molecular formula is C24H23ClFN3O2. The average Bonchev–Trinajstić information content (AvgIpc) is 3.24. The predicted octanol–water partition coefficient (Wildman–Crippen LogP) is 4.33. The number of nitrogens with zero attached hydrogens (tertiary/aromatic N) is 2. The minimum atomic E-state index is -0.362. The number of hydrogen-bond acceptors (Lipinski definition) is 5. The zero-order chi connectivity index (χ0) is 21.8. The first-order chi connectivity index (χ1) is 15.0. The fraction of sp³-hybridized carbons (Fsp3) is 0.250. The summed E-state index contributed by atoms with van der Waals surface area (Å²) in [5.74, 6) is 0.142. The van der Waals surface area contributed by atoms with Crippen LogP contribution in [0.1, 0.15) is 27.9 Å². The van der Waals surface area contributed by atoms with Crippen molar-refractivity contribution < 1.29 is 14.3 Å². The van der Waals surface area contributed by atoms with Gasteiger partial charge in [0, 0.05) is 42.6 Å². The number of halogens is 2. The van der Waals surface area contributed by atoms with Gasteiger partial charge in [-0.25, -0.2) is 9.37 Å². The highest BCUT2D eigenvalue weighted by Crippen LogP contribution is 2.29. The standard InChI is InChI=1S/C24H23ClFN3O2/c25-21-4-2-1-3-20(21)24(31)17-5-7-22(16(13-17)10-12-30)29-11-9-19(15-29)28-23-8-6-18(26)14-27-23/h1-8,13-14,19,30H,9-12,15H2,(H,27,28)/t19-/m0/s1. The molecule has 1 aliphatic rings. The number of nitrogens with one attached hydrogen (secondary N) is 1. The molecule has 1 saturated heterocycles.